The predicted octanol–water partition coefficient (Wildman–Crippen LogP) is 1.30. The topological polar surface area (TPSA) is 97.6 Å². The highest BCUT2D eigenvalue weighted by atomic mass is 32.2. The SMILES string of the molecule is O=C1CCCCN1S(=O)(=O)c1ccc([N+](=O)[O-])cc1. The first-order valence-corrected chi connectivity index (χ1v) is 7.17. The Morgan fingerprint density at radius 2 is 1.79 bits per heavy atom. The zero-order valence-corrected chi connectivity index (χ0v) is 10.8. The maximum atomic E-state index is 12.2. The molecule has 0 N–H and O–H groups in total. The van der Waals surface area contributed by atoms with E-state index in [-0.39, 0.29) is 23.5 Å². The van der Waals surface area contributed by atoms with E-state index in [1.165, 1.54) is 0 Å². The summed E-state index contributed by atoms with van der Waals surface area (Å²) in [5, 5.41) is 10.5. The van der Waals surface area contributed by atoms with Gasteiger partial charge in [-0.2, -0.15) is 0 Å². The maximum Gasteiger partial charge on any atom is 0.269 e. The molecule has 102 valence electrons. The predicted molar refractivity (Wildman–Crippen MR) is 65.8 cm³/mol. The highest BCUT2D eigenvalue weighted by Crippen LogP contribution is 2.23. The first kappa shape index (κ1) is 13.5. The molecule has 0 spiro atoms. The van der Waals surface area contributed by atoms with Crippen LogP contribution in [0.5, 0.6) is 0 Å². The molecule has 1 aliphatic rings. The van der Waals surface area contributed by atoms with Crippen molar-refractivity contribution in [3.8, 4) is 0 Å². The molecule has 1 heterocycles. The molecule has 1 saturated heterocycles. The molecule has 0 aliphatic carbocycles. The minimum atomic E-state index is -3.89. The van der Waals surface area contributed by atoms with Crippen LogP contribution in [-0.2, 0) is 14.8 Å². The van der Waals surface area contributed by atoms with Crippen molar-refractivity contribution in [2.24, 2.45) is 0 Å². The van der Waals surface area contributed by atoms with Gasteiger partial charge < -0.3 is 0 Å². The Bertz CT molecular complexity index is 608. The molecule has 1 fully saturated rings. The summed E-state index contributed by atoms with van der Waals surface area (Å²) in [6, 6.07) is 4.52. The van der Waals surface area contributed by atoms with E-state index < -0.39 is 20.9 Å². The smallest absolute Gasteiger partial charge is 0.269 e. The average molecular weight is 284 g/mol. The van der Waals surface area contributed by atoms with Crippen molar-refractivity contribution in [3.05, 3.63) is 34.4 Å². The fourth-order valence-electron chi connectivity index (χ4n) is 1.90. The standard InChI is InChI=1S/C11H12N2O5S/c14-11-3-1-2-8-12(11)19(17,18)10-6-4-9(5-7-10)13(15)16/h4-7H,1-3,8H2. The van der Waals surface area contributed by atoms with Gasteiger partial charge in [-0.1, -0.05) is 0 Å². The van der Waals surface area contributed by atoms with Crippen LogP contribution in [0.3, 0.4) is 0 Å². The van der Waals surface area contributed by atoms with Crippen LogP contribution < -0.4 is 0 Å². The van der Waals surface area contributed by atoms with Crippen LogP contribution in [-0.4, -0.2) is 30.1 Å². The lowest BCUT2D eigenvalue weighted by molar-refractivity contribution is -0.384. The summed E-state index contributed by atoms with van der Waals surface area (Å²) in [6.45, 7) is 0.165. The van der Waals surface area contributed by atoms with Crippen molar-refractivity contribution in [2.45, 2.75) is 24.2 Å². The summed E-state index contributed by atoms with van der Waals surface area (Å²) in [6.07, 6.45) is 1.54. The third-order valence-electron chi connectivity index (χ3n) is 2.92. The lowest BCUT2D eigenvalue weighted by atomic mass is 10.2. The monoisotopic (exact) mass is 284 g/mol. The van der Waals surface area contributed by atoms with E-state index in [4.69, 9.17) is 0 Å². The lowest BCUT2D eigenvalue weighted by Gasteiger charge is -2.25. The van der Waals surface area contributed by atoms with Gasteiger partial charge in [0, 0.05) is 25.1 Å². The Morgan fingerprint density at radius 1 is 1.16 bits per heavy atom. The molecule has 1 amide bonds. The molecule has 0 saturated carbocycles. The van der Waals surface area contributed by atoms with Gasteiger partial charge in [0.2, 0.25) is 5.91 Å². The van der Waals surface area contributed by atoms with Crippen molar-refractivity contribution in [2.75, 3.05) is 6.54 Å². The third-order valence-corrected chi connectivity index (χ3v) is 4.75. The number of amides is 1. The van der Waals surface area contributed by atoms with Crippen LogP contribution in [0.4, 0.5) is 5.69 Å². The Balaban J connectivity index is 2.33. The number of rotatable bonds is 3. The van der Waals surface area contributed by atoms with Crippen molar-refractivity contribution >= 4 is 21.6 Å². The number of hydrogen-bond acceptors (Lipinski definition) is 5. The highest BCUT2D eigenvalue weighted by Gasteiger charge is 2.31. The van der Waals surface area contributed by atoms with Crippen LogP contribution in [0.25, 0.3) is 0 Å². The van der Waals surface area contributed by atoms with Crippen LogP contribution in [0.1, 0.15) is 19.3 Å². The van der Waals surface area contributed by atoms with Gasteiger partial charge in [-0.25, -0.2) is 12.7 Å². The maximum absolute atomic E-state index is 12.2. The lowest BCUT2D eigenvalue weighted by Crippen LogP contribution is -2.40. The first-order valence-electron chi connectivity index (χ1n) is 5.73. The number of hydrogen-bond donors (Lipinski definition) is 0. The van der Waals surface area contributed by atoms with Crippen LogP contribution in [0.15, 0.2) is 29.2 Å². The Kier molecular flexibility index (Phi) is 3.52. The number of piperidine rings is 1. The molecule has 2 rings (SSSR count). The number of carbonyl (C=O) groups is 1. The number of nitrogens with zero attached hydrogens (tertiary/aromatic N) is 2. The fraction of sp³-hybridized carbons (Fsp3) is 0.364. The van der Waals surface area contributed by atoms with Gasteiger partial charge in [0.05, 0.1) is 9.82 Å². The minimum Gasteiger partial charge on any atom is -0.274 e. The zero-order valence-electron chi connectivity index (χ0n) is 9.98. The molecule has 0 radical (unpaired) electrons. The summed E-state index contributed by atoms with van der Waals surface area (Å²) in [5.74, 6) is -0.426. The summed E-state index contributed by atoms with van der Waals surface area (Å²) < 4.78 is 25.3. The molecule has 0 atom stereocenters. The number of carbonyl (C=O) groups excluding carboxylic acids is 1. The van der Waals surface area contributed by atoms with Crippen LogP contribution in [0.2, 0.25) is 0 Å². The van der Waals surface area contributed by atoms with Gasteiger partial charge in [-0.05, 0) is 25.0 Å². The minimum absolute atomic E-state index is 0.103. The second-order valence-corrected chi connectivity index (χ2v) is 6.04. The fourth-order valence-corrected chi connectivity index (χ4v) is 3.37. The summed E-state index contributed by atoms with van der Waals surface area (Å²) in [7, 11) is -3.89. The molecular formula is C11H12N2O5S. The van der Waals surface area contributed by atoms with Crippen molar-refractivity contribution < 1.29 is 18.1 Å². The summed E-state index contributed by atoms with van der Waals surface area (Å²) >= 11 is 0. The molecule has 7 nitrogen and oxygen atoms in total. The number of nitro benzene ring substituents is 1. The molecule has 8 heteroatoms. The van der Waals surface area contributed by atoms with Gasteiger partial charge in [-0.15, -0.1) is 0 Å². The molecule has 0 bridgehead atoms. The number of sulfonamides is 1. The summed E-state index contributed by atoms with van der Waals surface area (Å²) in [4.78, 5) is 21.4. The second-order valence-electron chi connectivity index (χ2n) is 4.18. The molecule has 0 aromatic heterocycles. The van der Waals surface area contributed by atoms with E-state index in [1.54, 1.807) is 0 Å². The van der Waals surface area contributed by atoms with E-state index in [9.17, 15) is 23.3 Å². The second kappa shape index (κ2) is 4.96. The quantitative estimate of drug-likeness (QED) is 0.615. The molecule has 0 unspecified atom stereocenters. The van der Waals surface area contributed by atoms with Gasteiger partial charge in [-0.3, -0.25) is 14.9 Å². The highest BCUT2D eigenvalue weighted by molar-refractivity contribution is 7.89. The molecule has 1 aromatic carbocycles. The number of benzene rings is 1. The van der Waals surface area contributed by atoms with E-state index in [2.05, 4.69) is 0 Å². The zero-order chi connectivity index (χ0) is 14.0. The van der Waals surface area contributed by atoms with Crippen molar-refractivity contribution in [1.29, 1.82) is 0 Å². The Hall–Kier alpha value is -1.96. The van der Waals surface area contributed by atoms with Crippen molar-refractivity contribution in [3.63, 3.8) is 0 Å². The third kappa shape index (κ3) is 2.58. The molecule has 1 aromatic rings. The number of non-ortho nitro benzene ring substituents is 1. The van der Waals surface area contributed by atoms with Crippen LogP contribution in [0, 0.1) is 10.1 Å². The van der Waals surface area contributed by atoms with E-state index in [0.29, 0.717) is 12.8 Å². The first-order chi connectivity index (χ1) is 8.93. The summed E-state index contributed by atoms with van der Waals surface area (Å²) in [5.41, 5.74) is -0.191. The van der Waals surface area contributed by atoms with E-state index in [0.717, 1.165) is 28.6 Å². The van der Waals surface area contributed by atoms with Gasteiger partial charge >= 0.3 is 0 Å². The Labute approximate surface area is 110 Å². The van der Waals surface area contributed by atoms with E-state index >= 15 is 0 Å². The van der Waals surface area contributed by atoms with E-state index in [1.807, 2.05) is 0 Å². The van der Waals surface area contributed by atoms with Crippen LogP contribution >= 0.6 is 0 Å². The largest absolute Gasteiger partial charge is 0.274 e. The number of nitro groups is 1. The normalized spacial score (nSPS) is 16.4. The van der Waals surface area contributed by atoms with Crippen molar-refractivity contribution in [1.82, 2.24) is 4.31 Å². The van der Waals surface area contributed by atoms with Gasteiger partial charge in [0.1, 0.15) is 0 Å². The molecule has 19 heavy (non-hydrogen) atoms. The molecule has 1 aliphatic heterocycles. The molecular weight excluding hydrogens is 272 g/mol. The Morgan fingerprint density at radius 3 is 2.32 bits per heavy atom. The average Bonchev–Trinajstić information content (AvgIpc) is 2.39. The van der Waals surface area contributed by atoms with Gasteiger partial charge in [0.25, 0.3) is 15.7 Å². The van der Waals surface area contributed by atoms with Gasteiger partial charge in [0.15, 0.2) is 0 Å².